The minimum absolute atomic E-state index is 0.0575. The van der Waals surface area contributed by atoms with E-state index in [1.54, 1.807) is 91.9 Å². The number of ether oxygens (including phenoxy) is 2. The smallest absolute Gasteiger partial charge is 0.344 e. The Kier molecular flexibility index (Phi) is 17.8. The molecule has 0 saturated heterocycles. The molecule has 0 amide bonds. The highest BCUT2D eigenvalue weighted by Gasteiger charge is 2.36. The van der Waals surface area contributed by atoms with E-state index < -0.39 is 65.9 Å². The van der Waals surface area contributed by atoms with Crippen LogP contribution in [0, 0.1) is 0 Å². The van der Waals surface area contributed by atoms with Gasteiger partial charge in [0.1, 0.15) is 6.10 Å². The van der Waals surface area contributed by atoms with Crippen LogP contribution in [-0.4, -0.2) is 105 Å². The quantitative estimate of drug-likeness (QED) is 0.0654. The lowest BCUT2D eigenvalue weighted by atomic mass is 10.0. The van der Waals surface area contributed by atoms with Crippen molar-refractivity contribution >= 4 is 53.0 Å². The zero-order chi connectivity index (χ0) is 53.1. The summed E-state index contributed by atoms with van der Waals surface area (Å²) in [6, 6.07) is 37.5. The van der Waals surface area contributed by atoms with Crippen LogP contribution in [0.25, 0.3) is 0 Å². The van der Waals surface area contributed by atoms with E-state index in [0.29, 0.717) is 78.4 Å². The van der Waals surface area contributed by atoms with E-state index in [-0.39, 0.29) is 23.1 Å². The summed E-state index contributed by atoms with van der Waals surface area (Å²) < 4.78 is 15.7. The fraction of sp³-hybridized carbons (Fsp3) is 0.291. The number of ketones is 4. The number of hydrogen-bond acceptors (Lipinski definition) is 12. The first-order valence-corrected chi connectivity index (χ1v) is 23.5. The first-order valence-electron chi connectivity index (χ1n) is 23.5. The fourth-order valence-corrected chi connectivity index (χ4v) is 8.51. The molecule has 3 aromatic carbocycles. The highest BCUT2D eigenvalue weighted by Crippen LogP contribution is 2.35. The van der Waals surface area contributed by atoms with Crippen molar-refractivity contribution in [2.24, 2.45) is 0 Å². The van der Waals surface area contributed by atoms with Crippen molar-refractivity contribution in [3.05, 3.63) is 178 Å². The molecule has 3 aromatic heterocycles. The van der Waals surface area contributed by atoms with Crippen molar-refractivity contribution in [2.45, 2.75) is 103 Å². The van der Waals surface area contributed by atoms with Crippen molar-refractivity contribution in [1.82, 2.24) is 13.7 Å². The van der Waals surface area contributed by atoms with Crippen LogP contribution in [0.1, 0.15) is 130 Å². The van der Waals surface area contributed by atoms with Gasteiger partial charge in [0.05, 0.1) is 34.8 Å². The average molecular weight is 998 g/mol. The highest BCUT2D eigenvalue weighted by molar-refractivity contribution is 6.09. The molecule has 18 heteroatoms. The summed E-state index contributed by atoms with van der Waals surface area (Å²) in [4.78, 5) is 105. The Balaban J connectivity index is 0.000000170. The Hall–Kier alpha value is -8.51. The van der Waals surface area contributed by atoms with Crippen LogP contribution in [0.5, 0.6) is 0 Å². The summed E-state index contributed by atoms with van der Waals surface area (Å²) >= 11 is 0. The first-order chi connectivity index (χ1) is 34.8. The zero-order valence-electron chi connectivity index (χ0n) is 40.5. The maximum Gasteiger partial charge on any atom is 0.344 e. The van der Waals surface area contributed by atoms with Crippen LogP contribution in [0.4, 0.5) is 0 Å². The van der Waals surface area contributed by atoms with E-state index in [2.05, 4.69) is 0 Å². The Labute approximate surface area is 419 Å². The van der Waals surface area contributed by atoms with Crippen molar-refractivity contribution in [3.8, 4) is 0 Å². The van der Waals surface area contributed by atoms with Crippen LogP contribution < -0.4 is 0 Å². The van der Waals surface area contributed by atoms with Gasteiger partial charge in [-0.05, 0) is 83.4 Å². The number of carboxylic acids is 3. The van der Waals surface area contributed by atoms with E-state index in [1.165, 1.54) is 20.8 Å². The van der Waals surface area contributed by atoms with E-state index in [4.69, 9.17) is 29.9 Å². The normalized spacial score (nSPS) is 16.9. The maximum absolute atomic E-state index is 12.6. The molecule has 0 saturated carbocycles. The van der Waals surface area contributed by atoms with Crippen LogP contribution >= 0.6 is 0 Å². The molecule has 18 nitrogen and oxygen atoms in total. The molecule has 6 atom stereocenters. The summed E-state index contributed by atoms with van der Waals surface area (Å²) in [5.41, 5.74) is 5.70. The van der Waals surface area contributed by atoms with Crippen LogP contribution in [0.3, 0.4) is 0 Å². The van der Waals surface area contributed by atoms with Gasteiger partial charge >= 0.3 is 29.8 Å². The van der Waals surface area contributed by atoms with Gasteiger partial charge in [-0.2, -0.15) is 0 Å². The van der Waals surface area contributed by atoms with Gasteiger partial charge in [-0.25, -0.2) is 9.59 Å². The number of fused-ring (bicyclic) bond motifs is 3. The molecular formula is C55H55N3O15. The number of aliphatic carboxylic acids is 3. The number of carbonyl (C=O) groups excluding carboxylic acids is 6. The number of benzene rings is 3. The zero-order valence-corrected chi connectivity index (χ0v) is 40.5. The second-order valence-corrected chi connectivity index (χ2v) is 17.5. The molecule has 3 aliphatic rings. The molecule has 4 N–H and O–H groups in total. The summed E-state index contributed by atoms with van der Waals surface area (Å²) in [5.74, 6) is -6.03. The number of Topliss-reactive ketones (excluding diaryl/α,β-unsaturated/α-hetero) is 1. The number of rotatable bonds is 14. The number of aromatic nitrogens is 3. The van der Waals surface area contributed by atoms with E-state index >= 15 is 0 Å². The van der Waals surface area contributed by atoms with Crippen LogP contribution in [-0.2, 0) is 57.9 Å². The minimum atomic E-state index is -1.23. The average Bonchev–Trinajstić information content (AvgIpc) is 4.25. The van der Waals surface area contributed by atoms with E-state index in [9.17, 15) is 43.2 Å². The van der Waals surface area contributed by atoms with Crippen molar-refractivity contribution in [3.63, 3.8) is 0 Å². The standard InChI is InChI=1S/C19H19NO4.C18H17NO5.C15H13NO3.C3H6O3/c1-12(21)13(2)24-19(23)15-10-11-20-16(15)8-9-17(20)18(22)14-6-4-3-5-7-14;1-11(17(21)22)24-18(23)13-9-10-19-14(13)7-8-15(19)16(20)12-5-3-2-4-6-12;17-14(10-4-2-1-3-5-10)13-7-6-12-11(15(18)19)8-9-16(12)13;1-2(4)3(5)6/h3-9,13,15H,10-11H2,1-2H3;2-8,11,13H,9-10H2,1H3,(H,21,22);1-7,11H,8-9H2,(H,18,19);2,4H,1H3,(H,5,6). The molecule has 380 valence electrons. The second kappa shape index (κ2) is 24.1. The molecule has 0 fully saturated rings. The molecule has 0 bridgehead atoms. The Morgan fingerprint density at radius 2 is 0.753 bits per heavy atom. The molecule has 73 heavy (non-hydrogen) atoms. The molecule has 9 rings (SSSR count). The number of nitrogens with zero attached hydrogens (tertiary/aromatic N) is 3. The Morgan fingerprint density at radius 3 is 1.04 bits per heavy atom. The fourth-order valence-electron chi connectivity index (χ4n) is 8.51. The largest absolute Gasteiger partial charge is 0.481 e. The van der Waals surface area contributed by atoms with E-state index in [1.807, 2.05) is 56.2 Å². The lowest BCUT2D eigenvalue weighted by Crippen LogP contribution is -2.26. The highest BCUT2D eigenvalue weighted by atomic mass is 16.6. The van der Waals surface area contributed by atoms with Crippen molar-refractivity contribution in [2.75, 3.05) is 0 Å². The third kappa shape index (κ3) is 12.7. The lowest BCUT2D eigenvalue weighted by Gasteiger charge is -2.13. The van der Waals surface area contributed by atoms with Gasteiger partial charge in [0.15, 0.2) is 18.0 Å². The first kappa shape index (κ1) is 53.8. The molecule has 6 aromatic rings. The monoisotopic (exact) mass is 997 g/mol. The maximum atomic E-state index is 12.6. The molecule has 3 aliphatic heterocycles. The summed E-state index contributed by atoms with van der Waals surface area (Å²) in [7, 11) is 0. The Morgan fingerprint density at radius 1 is 0.452 bits per heavy atom. The number of esters is 2. The third-order valence-electron chi connectivity index (χ3n) is 12.6. The molecule has 0 radical (unpaired) electrons. The Bertz CT molecular complexity index is 2870. The number of hydrogen-bond donors (Lipinski definition) is 4. The van der Waals surface area contributed by atoms with Gasteiger partial charge in [-0.3, -0.25) is 33.6 Å². The van der Waals surface area contributed by atoms with Crippen molar-refractivity contribution in [1.29, 1.82) is 0 Å². The van der Waals surface area contributed by atoms with Gasteiger partial charge in [0.2, 0.25) is 17.3 Å². The predicted molar refractivity (Wildman–Crippen MR) is 261 cm³/mol. The van der Waals surface area contributed by atoms with Crippen molar-refractivity contribution < 1.29 is 73.1 Å². The molecule has 0 aliphatic carbocycles. The van der Waals surface area contributed by atoms with Gasteiger partial charge in [0.25, 0.3) is 0 Å². The molecular weight excluding hydrogens is 943 g/mol. The molecule has 0 spiro atoms. The lowest BCUT2D eigenvalue weighted by molar-refractivity contribution is -0.163. The number of carboxylic acid groups (broad SMARTS) is 3. The molecule has 6 unspecified atom stereocenters. The van der Waals surface area contributed by atoms with Crippen LogP contribution in [0.2, 0.25) is 0 Å². The summed E-state index contributed by atoms with van der Waals surface area (Å²) in [5, 5.41) is 33.7. The number of carbonyl (C=O) groups is 9. The second-order valence-electron chi connectivity index (χ2n) is 17.5. The summed E-state index contributed by atoms with van der Waals surface area (Å²) in [6.07, 6.45) is -1.53. The third-order valence-corrected chi connectivity index (χ3v) is 12.6. The van der Waals surface area contributed by atoms with E-state index in [0.717, 1.165) is 11.4 Å². The topological polar surface area (TPSA) is 268 Å². The summed E-state index contributed by atoms with van der Waals surface area (Å²) in [6.45, 7) is 7.18. The van der Waals surface area contributed by atoms with Crippen LogP contribution in [0.15, 0.2) is 127 Å². The SMILES string of the molecule is CC(=O)C(C)OC(=O)C1CCn2c(C(=O)c3ccccc3)ccc21.CC(O)C(=O)O.CC(OC(=O)C1CCn2c(C(=O)c3ccccc3)ccc21)C(=O)O.O=C(c1ccccc1)c1ccc2n1CCC2C(=O)O. The van der Waals surface area contributed by atoms with Gasteiger partial charge in [0, 0.05) is 53.4 Å². The van der Waals surface area contributed by atoms with Gasteiger partial charge in [-0.15, -0.1) is 0 Å². The van der Waals surface area contributed by atoms with Gasteiger partial charge < -0.3 is 43.6 Å². The van der Waals surface area contributed by atoms with Gasteiger partial charge in [-0.1, -0.05) is 91.0 Å². The minimum Gasteiger partial charge on any atom is -0.481 e. The number of aliphatic hydroxyl groups is 1. The predicted octanol–water partition coefficient (Wildman–Crippen LogP) is 6.69. The molecule has 6 heterocycles. The number of aliphatic hydroxyl groups excluding tert-OH is 1.